The first-order valence-electron chi connectivity index (χ1n) is 7.46. The summed E-state index contributed by atoms with van der Waals surface area (Å²) in [5.74, 6) is -1.85. The molecule has 0 spiro atoms. The molecule has 7 nitrogen and oxygen atoms in total. The van der Waals surface area contributed by atoms with Gasteiger partial charge in [0, 0.05) is 5.69 Å². The van der Waals surface area contributed by atoms with Gasteiger partial charge in [-0.3, -0.25) is 9.52 Å². The van der Waals surface area contributed by atoms with Gasteiger partial charge in [-0.15, -0.1) is 0 Å². The number of carbonyl (C=O) groups is 1. The minimum atomic E-state index is -5.22. The number of phenolic OH excluding ortho intramolecular Hbond substituents is 1. The molecule has 1 amide bonds. The first kappa shape index (κ1) is 21.8. The zero-order valence-corrected chi connectivity index (χ0v) is 15.7. The molecule has 12 heteroatoms. The molecule has 0 saturated carbocycles. The second kappa shape index (κ2) is 7.49. The van der Waals surface area contributed by atoms with Gasteiger partial charge in [-0.2, -0.15) is 13.2 Å². The number of phenols is 1. The molecule has 2 aromatic rings. The second-order valence-corrected chi connectivity index (χ2v) is 7.91. The number of nitrogens with one attached hydrogen (secondary N) is 2. The standard InChI is InChI=1S/C16H14ClF3N2O5S/c1-15(25,16(18,19)20)14(24)21-13-7-6-11(8-12(13)17)28(26,27)22-9-2-4-10(23)5-3-9/h2-8,22-23,25H,1H3,(H,21,24). The molecule has 0 radical (unpaired) electrons. The van der Waals surface area contributed by atoms with Crippen LogP contribution in [0.4, 0.5) is 24.5 Å². The number of alkyl halides is 3. The van der Waals surface area contributed by atoms with Crippen LogP contribution in [-0.4, -0.2) is 36.3 Å². The van der Waals surface area contributed by atoms with Crippen molar-refractivity contribution in [2.24, 2.45) is 0 Å². The number of benzene rings is 2. The lowest BCUT2D eigenvalue weighted by atomic mass is 10.1. The SMILES string of the molecule is CC(O)(C(=O)Nc1ccc(S(=O)(=O)Nc2ccc(O)cc2)cc1Cl)C(F)(F)F. The van der Waals surface area contributed by atoms with E-state index in [2.05, 4.69) is 4.72 Å². The quantitative estimate of drug-likeness (QED) is 0.535. The summed E-state index contributed by atoms with van der Waals surface area (Å²) in [5.41, 5.74) is -3.84. The van der Waals surface area contributed by atoms with Gasteiger partial charge in [-0.05, 0) is 49.4 Å². The lowest BCUT2D eigenvalue weighted by Gasteiger charge is -2.25. The van der Waals surface area contributed by atoms with Crippen LogP contribution in [0.3, 0.4) is 0 Å². The molecular weight excluding hydrogens is 425 g/mol. The third kappa shape index (κ3) is 4.66. The van der Waals surface area contributed by atoms with Crippen molar-refractivity contribution in [3.63, 3.8) is 0 Å². The van der Waals surface area contributed by atoms with E-state index in [-0.39, 0.29) is 34.0 Å². The zero-order valence-electron chi connectivity index (χ0n) is 14.1. The van der Waals surface area contributed by atoms with Gasteiger partial charge in [-0.1, -0.05) is 11.6 Å². The van der Waals surface area contributed by atoms with Crippen LogP contribution in [0.25, 0.3) is 0 Å². The molecule has 0 aliphatic heterocycles. The van der Waals surface area contributed by atoms with E-state index in [1.165, 1.54) is 24.3 Å². The van der Waals surface area contributed by atoms with E-state index in [1.807, 2.05) is 5.32 Å². The average Bonchev–Trinajstić information content (AvgIpc) is 2.57. The van der Waals surface area contributed by atoms with Crippen molar-refractivity contribution < 1.29 is 36.6 Å². The largest absolute Gasteiger partial charge is 0.508 e. The Hall–Kier alpha value is -2.50. The van der Waals surface area contributed by atoms with Crippen molar-refractivity contribution in [1.29, 1.82) is 0 Å². The molecule has 0 fully saturated rings. The van der Waals surface area contributed by atoms with E-state index in [4.69, 9.17) is 11.6 Å². The van der Waals surface area contributed by atoms with E-state index in [9.17, 15) is 36.6 Å². The second-order valence-electron chi connectivity index (χ2n) is 5.82. The monoisotopic (exact) mass is 438 g/mol. The smallest absolute Gasteiger partial charge is 0.426 e. The van der Waals surface area contributed by atoms with E-state index < -0.39 is 27.7 Å². The summed E-state index contributed by atoms with van der Waals surface area (Å²) in [7, 11) is -4.10. The van der Waals surface area contributed by atoms with E-state index in [1.54, 1.807) is 0 Å². The lowest BCUT2D eigenvalue weighted by molar-refractivity contribution is -0.242. The van der Waals surface area contributed by atoms with E-state index >= 15 is 0 Å². The molecule has 0 heterocycles. The molecule has 0 bridgehead atoms. The molecule has 28 heavy (non-hydrogen) atoms. The molecular formula is C16H14ClF3N2O5S. The molecule has 1 unspecified atom stereocenters. The fourth-order valence-electron chi connectivity index (χ4n) is 1.88. The topological polar surface area (TPSA) is 116 Å². The number of hydrogen-bond acceptors (Lipinski definition) is 5. The fraction of sp³-hybridized carbons (Fsp3) is 0.188. The first-order chi connectivity index (χ1) is 12.7. The maximum absolute atomic E-state index is 12.7. The number of carbonyl (C=O) groups excluding carboxylic acids is 1. The predicted molar refractivity (Wildman–Crippen MR) is 95.7 cm³/mol. The van der Waals surface area contributed by atoms with Crippen molar-refractivity contribution in [2.45, 2.75) is 23.6 Å². The number of aromatic hydroxyl groups is 1. The number of amides is 1. The van der Waals surface area contributed by atoms with Crippen LogP contribution in [0.15, 0.2) is 47.4 Å². The maximum Gasteiger partial charge on any atom is 0.426 e. The third-order valence-corrected chi connectivity index (χ3v) is 5.30. The van der Waals surface area contributed by atoms with Gasteiger partial charge in [-0.25, -0.2) is 8.42 Å². The van der Waals surface area contributed by atoms with Crippen LogP contribution in [-0.2, 0) is 14.8 Å². The number of sulfonamides is 1. The predicted octanol–water partition coefficient (Wildman–Crippen LogP) is 3.10. The highest BCUT2D eigenvalue weighted by molar-refractivity contribution is 7.92. The number of anilines is 2. The summed E-state index contributed by atoms with van der Waals surface area (Å²) in [6.45, 7) is 0.274. The van der Waals surface area contributed by atoms with Gasteiger partial charge in [0.25, 0.3) is 15.9 Å². The number of halogens is 4. The number of aliphatic hydroxyl groups is 1. The van der Waals surface area contributed by atoms with Crippen LogP contribution >= 0.6 is 11.6 Å². The Labute approximate surface area is 162 Å². The minimum absolute atomic E-state index is 0.0687. The zero-order chi connectivity index (χ0) is 21.3. The number of hydrogen-bond donors (Lipinski definition) is 4. The van der Waals surface area contributed by atoms with Crippen LogP contribution in [0.1, 0.15) is 6.92 Å². The first-order valence-corrected chi connectivity index (χ1v) is 9.32. The van der Waals surface area contributed by atoms with Crippen molar-refractivity contribution >= 4 is 38.9 Å². The van der Waals surface area contributed by atoms with Crippen LogP contribution < -0.4 is 10.0 Å². The normalized spacial score (nSPS) is 14.2. The van der Waals surface area contributed by atoms with Gasteiger partial charge in [0.1, 0.15) is 5.75 Å². The van der Waals surface area contributed by atoms with Crippen LogP contribution in [0, 0.1) is 0 Å². The fourth-order valence-corrected chi connectivity index (χ4v) is 3.26. The van der Waals surface area contributed by atoms with Gasteiger partial charge < -0.3 is 15.5 Å². The molecule has 0 aromatic heterocycles. The van der Waals surface area contributed by atoms with Gasteiger partial charge in [0.15, 0.2) is 0 Å². The summed E-state index contributed by atoms with van der Waals surface area (Å²) < 4.78 is 65.0. The number of rotatable bonds is 5. The highest BCUT2D eigenvalue weighted by Gasteiger charge is 2.55. The average molecular weight is 439 g/mol. The van der Waals surface area contributed by atoms with E-state index in [0.29, 0.717) is 0 Å². The Kier molecular flexibility index (Phi) is 5.83. The Morgan fingerprint density at radius 3 is 2.18 bits per heavy atom. The Morgan fingerprint density at radius 2 is 1.68 bits per heavy atom. The molecule has 2 rings (SSSR count). The van der Waals surface area contributed by atoms with E-state index in [0.717, 1.165) is 18.2 Å². The maximum atomic E-state index is 12.7. The molecule has 0 aliphatic carbocycles. The van der Waals surface area contributed by atoms with Crippen molar-refractivity contribution in [3.05, 3.63) is 47.5 Å². The molecule has 0 aliphatic rings. The Bertz CT molecular complexity index is 992. The van der Waals surface area contributed by atoms with Gasteiger partial charge in [0.05, 0.1) is 15.6 Å². The summed E-state index contributed by atoms with van der Waals surface area (Å²) in [6, 6.07) is 8.05. The van der Waals surface area contributed by atoms with Gasteiger partial charge in [0.2, 0.25) is 5.60 Å². The molecule has 4 N–H and O–H groups in total. The summed E-state index contributed by atoms with van der Waals surface area (Å²) in [5, 5.41) is 20.0. The minimum Gasteiger partial charge on any atom is -0.508 e. The van der Waals surface area contributed by atoms with Crippen LogP contribution in [0.5, 0.6) is 5.75 Å². The highest BCUT2D eigenvalue weighted by Crippen LogP contribution is 2.33. The third-order valence-electron chi connectivity index (χ3n) is 3.61. The van der Waals surface area contributed by atoms with Crippen molar-refractivity contribution in [3.8, 4) is 5.75 Å². The molecule has 2 aromatic carbocycles. The highest BCUT2D eigenvalue weighted by atomic mass is 35.5. The Morgan fingerprint density at radius 1 is 1.11 bits per heavy atom. The molecule has 152 valence electrons. The summed E-state index contributed by atoms with van der Waals surface area (Å²) in [4.78, 5) is 11.4. The molecule has 1 atom stereocenters. The van der Waals surface area contributed by atoms with Crippen molar-refractivity contribution in [2.75, 3.05) is 10.0 Å². The van der Waals surface area contributed by atoms with Crippen LogP contribution in [0.2, 0.25) is 5.02 Å². The Balaban J connectivity index is 2.24. The summed E-state index contributed by atoms with van der Waals surface area (Å²) in [6.07, 6.45) is -5.22. The summed E-state index contributed by atoms with van der Waals surface area (Å²) >= 11 is 5.86. The lowest BCUT2D eigenvalue weighted by Crippen LogP contribution is -2.52. The van der Waals surface area contributed by atoms with Gasteiger partial charge >= 0.3 is 6.18 Å². The molecule has 0 saturated heterocycles. The van der Waals surface area contributed by atoms with Crippen molar-refractivity contribution in [1.82, 2.24) is 0 Å².